The average molecular weight is 200 g/mol. The molecule has 1 unspecified atom stereocenters. The molecule has 0 aliphatic heterocycles. The molecule has 0 saturated carbocycles. The van der Waals surface area contributed by atoms with Crippen LogP contribution >= 0.6 is 11.3 Å². The molecule has 1 aromatic rings. The number of thiazole rings is 1. The van der Waals surface area contributed by atoms with E-state index in [1.54, 1.807) is 17.5 Å². The molecule has 0 spiro atoms. The largest absolute Gasteiger partial charge is 0.468 e. The van der Waals surface area contributed by atoms with Gasteiger partial charge in [-0.1, -0.05) is 0 Å². The van der Waals surface area contributed by atoms with E-state index in [9.17, 15) is 4.79 Å². The summed E-state index contributed by atoms with van der Waals surface area (Å²) in [5.41, 5.74) is 0. The summed E-state index contributed by atoms with van der Waals surface area (Å²) >= 11 is 1.56. The monoisotopic (exact) mass is 200 g/mol. The van der Waals surface area contributed by atoms with Crippen LogP contribution in [0.15, 0.2) is 11.6 Å². The molecule has 0 aromatic carbocycles. The van der Waals surface area contributed by atoms with E-state index in [1.165, 1.54) is 7.11 Å². The van der Waals surface area contributed by atoms with Crippen LogP contribution in [0.1, 0.15) is 18.0 Å². The van der Waals surface area contributed by atoms with Crippen LogP contribution in [0.2, 0.25) is 0 Å². The van der Waals surface area contributed by atoms with Crippen LogP contribution in [0.25, 0.3) is 0 Å². The van der Waals surface area contributed by atoms with Crippen molar-refractivity contribution in [1.82, 2.24) is 10.3 Å². The summed E-state index contributed by atoms with van der Waals surface area (Å²) in [4.78, 5) is 14.9. The summed E-state index contributed by atoms with van der Waals surface area (Å²) in [7, 11) is 1.37. The van der Waals surface area contributed by atoms with Crippen molar-refractivity contribution in [1.29, 1.82) is 0 Å². The third-order valence-corrected chi connectivity index (χ3v) is 2.56. The number of carbonyl (C=O) groups is 1. The molecule has 72 valence electrons. The summed E-state index contributed by atoms with van der Waals surface area (Å²) in [5.74, 6) is -0.261. The fourth-order valence-corrected chi connectivity index (χ4v) is 1.51. The molecular weight excluding hydrogens is 188 g/mol. The number of rotatable bonds is 4. The predicted octanol–water partition coefficient (Wildman–Crippen LogP) is 0.967. The van der Waals surface area contributed by atoms with Crippen molar-refractivity contribution in [2.24, 2.45) is 0 Å². The number of nitrogens with zero attached hydrogens (tertiary/aromatic N) is 1. The fourth-order valence-electron chi connectivity index (χ4n) is 0.844. The van der Waals surface area contributed by atoms with E-state index >= 15 is 0 Å². The Bertz CT molecular complexity index is 261. The number of methoxy groups -OCH3 is 1. The van der Waals surface area contributed by atoms with Crippen LogP contribution in [0.5, 0.6) is 0 Å². The van der Waals surface area contributed by atoms with Gasteiger partial charge in [-0.15, -0.1) is 11.3 Å². The van der Waals surface area contributed by atoms with Gasteiger partial charge in [0.15, 0.2) is 0 Å². The second kappa shape index (κ2) is 4.94. The van der Waals surface area contributed by atoms with Crippen LogP contribution in [-0.2, 0) is 9.53 Å². The number of hydrogen-bond donors (Lipinski definition) is 1. The molecule has 1 atom stereocenters. The molecule has 0 aliphatic rings. The molecule has 5 heteroatoms. The lowest BCUT2D eigenvalue weighted by Crippen LogP contribution is -2.26. The van der Waals surface area contributed by atoms with Crippen molar-refractivity contribution in [3.05, 3.63) is 16.6 Å². The van der Waals surface area contributed by atoms with Gasteiger partial charge in [0.1, 0.15) is 5.01 Å². The van der Waals surface area contributed by atoms with E-state index in [1.807, 2.05) is 12.3 Å². The molecule has 4 nitrogen and oxygen atoms in total. The maximum absolute atomic E-state index is 10.8. The zero-order valence-corrected chi connectivity index (χ0v) is 8.43. The Morgan fingerprint density at radius 1 is 1.85 bits per heavy atom. The second-order valence-electron chi connectivity index (χ2n) is 2.55. The van der Waals surface area contributed by atoms with Gasteiger partial charge in [0.2, 0.25) is 0 Å². The Hall–Kier alpha value is -0.940. The first-order valence-electron chi connectivity index (χ1n) is 3.93. The topological polar surface area (TPSA) is 51.2 Å². The molecule has 13 heavy (non-hydrogen) atoms. The number of aromatic nitrogens is 1. The van der Waals surface area contributed by atoms with Gasteiger partial charge >= 0.3 is 5.97 Å². The van der Waals surface area contributed by atoms with Crippen molar-refractivity contribution < 1.29 is 9.53 Å². The van der Waals surface area contributed by atoms with Crippen LogP contribution in [0.4, 0.5) is 0 Å². The Labute approximate surface area is 80.9 Å². The first-order chi connectivity index (χ1) is 6.24. The van der Waals surface area contributed by atoms with Gasteiger partial charge in [-0.05, 0) is 6.92 Å². The lowest BCUT2D eigenvalue weighted by Gasteiger charge is -2.08. The molecule has 0 fully saturated rings. The molecule has 0 bridgehead atoms. The van der Waals surface area contributed by atoms with E-state index in [2.05, 4.69) is 15.0 Å². The fraction of sp³-hybridized carbons (Fsp3) is 0.500. The number of nitrogens with one attached hydrogen (secondary N) is 1. The Morgan fingerprint density at radius 3 is 3.15 bits per heavy atom. The van der Waals surface area contributed by atoms with Crippen LogP contribution in [-0.4, -0.2) is 24.6 Å². The highest BCUT2D eigenvalue weighted by Crippen LogP contribution is 2.13. The first-order valence-corrected chi connectivity index (χ1v) is 4.81. The van der Waals surface area contributed by atoms with Gasteiger partial charge in [0.05, 0.1) is 19.7 Å². The Morgan fingerprint density at radius 2 is 2.62 bits per heavy atom. The van der Waals surface area contributed by atoms with E-state index in [0.29, 0.717) is 0 Å². The third kappa shape index (κ3) is 3.12. The highest BCUT2D eigenvalue weighted by atomic mass is 32.1. The normalized spacial score (nSPS) is 12.5. The van der Waals surface area contributed by atoms with Gasteiger partial charge < -0.3 is 4.74 Å². The maximum atomic E-state index is 10.8. The summed E-state index contributed by atoms with van der Waals surface area (Å²) < 4.78 is 4.50. The number of carbonyl (C=O) groups excluding carboxylic acids is 1. The number of ether oxygens (including phenoxy) is 1. The molecule has 0 saturated heterocycles. The summed E-state index contributed by atoms with van der Waals surface area (Å²) in [6, 6.07) is 0.0964. The molecule has 0 aliphatic carbocycles. The molecule has 1 aromatic heterocycles. The molecule has 1 rings (SSSR count). The van der Waals surface area contributed by atoms with Crippen molar-refractivity contribution in [2.45, 2.75) is 13.0 Å². The molecule has 0 radical (unpaired) electrons. The molecule has 1 N–H and O–H groups in total. The lowest BCUT2D eigenvalue weighted by atomic mass is 10.3. The van der Waals surface area contributed by atoms with E-state index in [4.69, 9.17) is 0 Å². The lowest BCUT2D eigenvalue weighted by molar-refractivity contribution is -0.139. The standard InChI is InChI=1S/C8H12N2O2S/c1-6(8-9-3-4-13-8)10-5-7(11)12-2/h3-4,6,10H,5H2,1-2H3. The second-order valence-corrected chi connectivity index (χ2v) is 3.48. The van der Waals surface area contributed by atoms with E-state index in [0.717, 1.165) is 5.01 Å². The minimum atomic E-state index is -0.261. The van der Waals surface area contributed by atoms with E-state index in [-0.39, 0.29) is 18.6 Å². The van der Waals surface area contributed by atoms with Crippen LogP contribution in [0, 0.1) is 0 Å². The van der Waals surface area contributed by atoms with Gasteiger partial charge in [-0.25, -0.2) is 4.98 Å². The Kier molecular flexibility index (Phi) is 3.85. The smallest absolute Gasteiger partial charge is 0.319 e. The molecular formula is C8H12N2O2S. The molecule has 1 heterocycles. The van der Waals surface area contributed by atoms with Gasteiger partial charge in [-0.3, -0.25) is 10.1 Å². The highest BCUT2D eigenvalue weighted by Gasteiger charge is 2.08. The van der Waals surface area contributed by atoms with E-state index < -0.39 is 0 Å². The summed E-state index contributed by atoms with van der Waals surface area (Å²) in [5, 5.41) is 5.89. The minimum absolute atomic E-state index is 0.0964. The number of hydrogen-bond acceptors (Lipinski definition) is 5. The van der Waals surface area contributed by atoms with Gasteiger partial charge in [0, 0.05) is 11.6 Å². The summed E-state index contributed by atoms with van der Waals surface area (Å²) in [6.07, 6.45) is 1.75. The maximum Gasteiger partial charge on any atom is 0.319 e. The highest BCUT2D eigenvalue weighted by molar-refractivity contribution is 7.09. The van der Waals surface area contributed by atoms with Crippen molar-refractivity contribution in [3.8, 4) is 0 Å². The molecule has 0 amide bonds. The predicted molar refractivity (Wildman–Crippen MR) is 50.5 cm³/mol. The minimum Gasteiger partial charge on any atom is -0.468 e. The SMILES string of the molecule is COC(=O)CNC(C)c1nccs1. The van der Waals surface area contributed by atoms with Crippen LogP contribution < -0.4 is 5.32 Å². The van der Waals surface area contributed by atoms with Crippen molar-refractivity contribution in [3.63, 3.8) is 0 Å². The quantitative estimate of drug-likeness (QED) is 0.736. The van der Waals surface area contributed by atoms with Crippen LogP contribution in [0.3, 0.4) is 0 Å². The first kappa shape index (κ1) is 10.1. The zero-order chi connectivity index (χ0) is 9.68. The third-order valence-electron chi connectivity index (χ3n) is 1.60. The Balaban J connectivity index is 2.34. The van der Waals surface area contributed by atoms with Crippen molar-refractivity contribution >= 4 is 17.3 Å². The zero-order valence-electron chi connectivity index (χ0n) is 7.61. The van der Waals surface area contributed by atoms with Gasteiger partial charge in [-0.2, -0.15) is 0 Å². The summed E-state index contributed by atoms with van der Waals surface area (Å²) in [6.45, 7) is 2.18. The number of esters is 1. The van der Waals surface area contributed by atoms with Gasteiger partial charge in [0.25, 0.3) is 0 Å². The van der Waals surface area contributed by atoms with Crippen molar-refractivity contribution in [2.75, 3.05) is 13.7 Å². The average Bonchev–Trinajstić information content (AvgIpc) is 2.66.